The molecule has 0 saturated carbocycles. The third-order valence-electron chi connectivity index (χ3n) is 2.69. The molecule has 0 saturated heterocycles. The summed E-state index contributed by atoms with van der Waals surface area (Å²) in [6.07, 6.45) is -0.515. The molecular weight excluding hydrogens is 406 g/mol. The zero-order valence-corrected chi connectivity index (χ0v) is 15.8. The predicted molar refractivity (Wildman–Crippen MR) is 93.6 cm³/mol. The molecule has 20 heavy (non-hydrogen) atoms. The van der Waals surface area contributed by atoms with E-state index < -0.39 is 6.09 Å². The van der Waals surface area contributed by atoms with Gasteiger partial charge >= 0.3 is 6.09 Å². The summed E-state index contributed by atoms with van der Waals surface area (Å²) in [7, 11) is 0. The summed E-state index contributed by atoms with van der Waals surface area (Å²) in [5.74, 6) is 0.515. The summed E-state index contributed by atoms with van der Waals surface area (Å²) in [4.78, 5) is 11.7. The lowest BCUT2D eigenvalue weighted by atomic mass is 9.87. The SMILES string of the molecule is CC(C)(C)c1ccc(OC(=O)NC(S)C(Br)CBr)cc1. The van der Waals surface area contributed by atoms with E-state index >= 15 is 0 Å². The average Bonchev–Trinajstić information content (AvgIpc) is 2.37. The molecule has 0 spiro atoms. The van der Waals surface area contributed by atoms with Crippen molar-refractivity contribution in [3.63, 3.8) is 0 Å². The van der Waals surface area contributed by atoms with Gasteiger partial charge < -0.3 is 10.1 Å². The molecule has 2 unspecified atom stereocenters. The number of amides is 1. The van der Waals surface area contributed by atoms with Gasteiger partial charge in [-0.25, -0.2) is 4.79 Å². The smallest absolute Gasteiger partial charge is 0.410 e. The van der Waals surface area contributed by atoms with Crippen molar-refractivity contribution < 1.29 is 9.53 Å². The molecule has 1 aromatic rings. The molecule has 3 nitrogen and oxygen atoms in total. The first-order valence-electron chi connectivity index (χ1n) is 6.21. The summed E-state index contributed by atoms with van der Waals surface area (Å²) >= 11 is 11.0. The summed E-state index contributed by atoms with van der Waals surface area (Å²) in [6.45, 7) is 6.41. The Morgan fingerprint density at radius 3 is 2.35 bits per heavy atom. The summed E-state index contributed by atoms with van der Waals surface area (Å²) in [5, 5.41) is 3.01. The number of alkyl halides is 2. The summed E-state index contributed by atoms with van der Waals surface area (Å²) < 4.78 is 5.21. The van der Waals surface area contributed by atoms with Crippen LogP contribution in [0, 0.1) is 0 Å². The van der Waals surface area contributed by atoms with Crippen molar-refractivity contribution in [1.82, 2.24) is 5.32 Å². The van der Waals surface area contributed by atoms with E-state index in [1.807, 2.05) is 12.1 Å². The Morgan fingerprint density at radius 2 is 1.90 bits per heavy atom. The van der Waals surface area contributed by atoms with Crippen LogP contribution < -0.4 is 10.1 Å². The highest BCUT2D eigenvalue weighted by molar-refractivity contribution is 9.12. The highest BCUT2D eigenvalue weighted by Crippen LogP contribution is 2.24. The Kier molecular flexibility index (Phi) is 6.88. The molecule has 0 aromatic heterocycles. The normalized spacial score (nSPS) is 14.5. The Bertz CT molecular complexity index is 445. The van der Waals surface area contributed by atoms with Gasteiger partial charge in [-0.3, -0.25) is 0 Å². The van der Waals surface area contributed by atoms with Gasteiger partial charge in [0.25, 0.3) is 0 Å². The molecule has 0 heterocycles. The summed E-state index contributed by atoms with van der Waals surface area (Å²) in [5.41, 5.74) is 1.27. The van der Waals surface area contributed by atoms with Gasteiger partial charge in [-0.2, -0.15) is 12.6 Å². The zero-order chi connectivity index (χ0) is 15.3. The fourth-order valence-corrected chi connectivity index (χ4v) is 2.46. The molecule has 0 fully saturated rings. The second-order valence-corrected chi connectivity index (χ2v) is 7.80. The fraction of sp³-hybridized carbons (Fsp3) is 0.500. The maximum Gasteiger partial charge on any atom is 0.413 e. The van der Waals surface area contributed by atoms with Crippen molar-refractivity contribution >= 4 is 50.6 Å². The molecule has 0 aliphatic carbocycles. The van der Waals surface area contributed by atoms with Gasteiger partial charge in [0.15, 0.2) is 0 Å². The number of hydrogen-bond acceptors (Lipinski definition) is 3. The Labute approximate surface area is 142 Å². The quantitative estimate of drug-likeness (QED) is 0.424. The highest BCUT2D eigenvalue weighted by Gasteiger charge is 2.18. The Hall–Kier alpha value is -0.200. The number of ether oxygens (including phenoxy) is 1. The van der Waals surface area contributed by atoms with Crippen molar-refractivity contribution in [3.8, 4) is 5.75 Å². The molecule has 2 atom stereocenters. The molecule has 1 amide bonds. The number of benzene rings is 1. The van der Waals surface area contributed by atoms with Crippen LogP contribution in [0.15, 0.2) is 24.3 Å². The number of carbonyl (C=O) groups is 1. The van der Waals surface area contributed by atoms with Crippen LogP contribution in [-0.4, -0.2) is 21.6 Å². The van der Waals surface area contributed by atoms with Crippen LogP contribution >= 0.6 is 44.5 Å². The lowest BCUT2D eigenvalue weighted by Gasteiger charge is -2.19. The van der Waals surface area contributed by atoms with Crippen molar-refractivity contribution in [2.75, 3.05) is 5.33 Å². The zero-order valence-electron chi connectivity index (χ0n) is 11.7. The van der Waals surface area contributed by atoms with Gasteiger partial charge in [0.1, 0.15) is 5.75 Å². The van der Waals surface area contributed by atoms with E-state index in [0.717, 1.165) is 0 Å². The third-order valence-corrected chi connectivity index (χ3v) is 6.00. The van der Waals surface area contributed by atoms with Crippen LogP contribution in [0.5, 0.6) is 5.75 Å². The maximum absolute atomic E-state index is 11.7. The minimum absolute atomic E-state index is 0.0293. The molecule has 1 rings (SSSR count). The van der Waals surface area contributed by atoms with E-state index in [0.29, 0.717) is 11.1 Å². The largest absolute Gasteiger partial charge is 0.413 e. The minimum Gasteiger partial charge on any atom is -0.410 e. The molecular formula is C14H19Br2NO2S. The topological polar surface area (TPSA) is 38.3 Å². The Morgan fingerprint density at radius 1 is 1.35 bits per heavy atom. The van der Waals surface area contributed by atoms with Crippen LogP contribution in [0.25, 0.3) is 0 Å². The molecule has 0 aliphatic rings. The number of thiol groups is 1. The molecule has 6 heteroatoms. The van der Waals surface area contributed by atoms with Crippen LogP contribution in [-0.2, 0) is 5.41 Å². The molecule has 112 valence electrons. The van der Waals surface area contributed by atoms with E-state index in [1.54, 1.807) is 12.1 Å². The van der Waals surface area contributed by atoms with E-state index in [9.17, 15) is 4.79 Å². The molecule has 1 aromatic carbocycles. The van der Waals surface area contributed by atoms with E-state index in [4.69, 9.17) is 4.74 Å². The van der Waals surface area contributed by atoms with Crippen LogP contribution in [0.4, 0.5) is 4.79 Å². The van der Waals surface area contributed by atoms with E-state index in [1.165, 1.54) is 5.56 Å². The van der Waals surface area contributed by atoms with Crippen LogP contribution in [0.3, 0.4) is 0 Å². The van der Waals surface area contributed by atoms with Gasteiger partial charge in [0.05, 0.1) is 10.2 Å². The number of halogens is 2. The lowest BCUT2D eigenvalue weighted by molar-refractivity contribution is 0.199. The van der Waals surface area contributed by atoms with Crippen molar-refractivity contribution in [1.29, 1.82) is 0 Å². The number of carbonyl (C=O) groups excluding carboxylic acids is 1. The minimum atomic E-state index is -0.515. The van der Waals surface area contributed by atoms with Crippen LogP contribution in [0.1, 0.15) is 26.3 Å². The number of rotatable bonds is 4. The van der Waals surface area contributed by atoms with Crippen molar-refractivity contribution in [2.24, 2.45) is 0 Å². The standard InChI is InChI=1S/C14H19Br2NO2S/c1-14(2,3)9-4-6-10(7-5-9)19-13(18)17-12(20)11(16)8-15/h4-7,11-12,20H,8H2,1-3H3,(H,17,18). The Balaban J connectivity index is 2.59. The van der Waals surface area contributed by atoms with Gasteiger partial charge in [-0.15, -0.1) is 0 Å². The molecule has 0 aliphatic heterocycles. The van der Waals surface area contributed by atoms with Crippen molar-refractivity contribution in [3.05, 3.63) is 29.8 Å². The molecule has 0 radical (unpaired) electrons. The maximum atomic E-state index is 11.7. The van der Waals surface area contributed by atoms with Gasteiger partial charge in [0.2, 0.25) is 0 Å². The van der Waals surface area contributed by atoms with Gasteiger partial charge in [-0.1, -0.05) is 64.8 Å². The van der Waals surface area contributed by atoms with E-state index in [2.05, 4.69) is 70.6 Å². The second-order valence-electron chi connectivity index (χ2n) is 5.42. The first kappa shape index (κ1) is 17.9. The second kappa shape index (κ2) is 7.71. The van der Waals surface area contributed by atoms with Gasteiger partial charge in [0, 0.05) is 5.33 Å². The van der Waals surface area contributed by atoms with Crippen LogP contribution in [0.2, 0.25) is 0 Å². The predicted octanol–water partition coefficient (Wildman–Crippen LogP) is 4.49. The number of hydrogen-bond donors (Lipinski definition) is 2. The summed E-state index contributed by atoms with van der Waals surface area (Å²) in [6, 6.07) is 7.52. The highest BCUT2D eigenvalue weighted by atomic mass is 79.9. The monoisotopic (exact) mass is 423 g/mol. The first-order valence-corrected chi connectivity index (χ1v) is 8.76. The van der Waals surface area contributed by atoms with Gasteiger partial charge in [-0.05, 0) is 23.1 Å². The molecule has 0 bridgehead atoms. The lowest BCUT2D eigenvalue weighted by Crippen LogP contribution is -2.39. The fourth-order valence-electron chi connectivity index (χ4n) is 1.46. The third kappa shape index (κ3) is 5.66. The average molecular weight is 425 g/mol. The first-order chi connectivity index (χ1) is 9.24. The number of nitrogens with one attached hydrogen (secondary N) is 1. The van der Waals surface area contributed by atoms with Crippen molar-refractivity contribution in [2.45, 2.75) is 36.4 Å². The van der Waals surface area contributed by atoms with E-state index in [-0.39, 0.29) is 15.6 Å². The molecule has 1 N–H and O–H groups in total.